The normalized spacial score (nSPS) is 12.1. The summed E-state index contributed by atoms with van der Waals surface area (Å²) in [6.07, 6.45) is 0.373. The summed E-state index contributed by atoms with van der Waals surface area (Å²) >= 11 is 3.36. The molecular formula is C18H16BrN3O3. The zero-order chi connectivity index (χ0) is 18.0. The highest BCUT2D eigenvalue weighted by molar-refractivity contribution is 9.10. The Kier molecular flexibility index (Phi) is 4.87. The number of furan rings is 1. The van der Waals surface area contributed by atoms with Gasteiger partial charge in [0.2, 0.25) is 11.7 Å². The van der Waals surface area contributed by atoms with Gasteiger partial charge in [-0.25, -0.2) is 0 Å². The largest absolute Gasteiger partial charge is 0.449 e. The van der Waals surface area contributed by atoms with Gasteiger partial charge in [0.1, 0.15) is 11.3 Å². The van der Waals surface area contributed by atoms with Crippen LogP contribution in [0.2, 0.25) is 0 Å². The van der Waals surface area contributed by atoms with Gasteiger partial charge in [0.25, 0.3) is 5.91 Å². The second-order valence-electron chi connectivity index (χ2n) is 5.60. The fraction of sp³-hybridized carbons (Fsp3) is 0.111. The van der Waals surface area contributed by atoms with E-state index >= 15 is 0 Å². The maximum Gasteiger partial charge on any atom is 0.286 e. The first-order chi connectivity index (χ1) is 12.0. The summed E-state index contributed by atoms with van der Waals surface area (Å²) in [7, 11) is 0. The average molecular weight is 402 g/mol. The summed E-state index contributed by atoms with van der Waals surface area (Å²) < 4.78 is 6.24. The van der Waals surface area contributed by atoms with Crippen LogP contribution < -0.4 is 16.8 Å². The molecule has 6 nitrogen and oxygen atoms in total. The number of carbonyl (C=O) groups excluding carboxylic acids is 2. The molecule has 2 amide bonds. The lowest BCUT2D eigenvalue weighted by Gasteiger charge is -2.12. The van der Waals surface area contributed by atoms with Crippen molar-refractivity contribution < 1.29 is 14.0 Å². The molecule has 0 radical (unpaired) electrons. The van der Waals surface area contributed by atoms with Gasteiger partial charge in [-0.2, -0.15) is 0 Å². The highest BCUT2D eigenvalue weighted by Crippen LogP contribution is 2.33. The molecule has 5 N–H and O–H groups in total. The van der Waals surface area contributed by atoms with Crippen molar-refractivity contribution in [2.45, 2.75) is 12.5 Å². The van der Waals surface area contributed by atoms with Gasteiger partial charge in [-0.1, -0.05) is 46.3 Å². The van der Waals surface area contributed by atoms with Crippen molar-refractivity contribution in [2.24, 2.45) is 11.5 Å². The first kappa shape index (κ1) is 17.2. The standard InChI is InChI=1S/C18H16BrN3O3/c19-11-6-7-14-12(9-11)15(16(25-14)17(21)23)22-18(24)13(20)8-10-4-2-1-3-5-10/h1-7,9,13H,8,20H2,(H2,21,23)(H,22,24)/t13-/m0/s1. The van der Waals surface area contributed by atoms with E-state index in [0.717, 1.165) is 10.0 Å². The molecule has 0 aliphatic carbocycles. The van der Waals surface area contributed by atoms with Crippen LogP contribution in [0.15, 0.2) is 57.4 Å². The van der Waals surface area contributed by atoms with Crippen LogP contribution in [-0.2, 0) is 11.2 Å². The predicted octanol–water partition coefficient (Wildman–Crippen LogP) is 2.80. The molecule has 25 heavy (non-hydrogen) atoms. The van der Waals surface area contributed by atoms with Gasteiger partial charge in [0.15, 0.2) is 0 Å². The highest BCUT2D eigenvalue weighted by atomic mass is 79.9. The lowest BCUT2D eigenvalue weighted by molar-refractivity contribution is -0.117. The predicted molar refractivity (Wildman–Crippen MR) is 99.2 cm³/mol. The van der Waals surface area contributed by atoms with Gasteiger partial charge in [-0.3, -0.25) is 9.59 Å². The van der Waals surface area contributed by atoms with E-state index in [1.54, 1.807) is 18.2 Å². The molecule has 0 unspecified atom stereocenters. The van der Waals surface area contributed by atoms with Crippen LogP contribution in [0.1, 0.15) is 16.1 Å². The third-order valence-corrected chi connectivity index (χ3v) is 4.25. The lowest BCUT2D eigenvalue weighted by Crippen LogP contribution is -2.37. The van der Waals surface area contributed by atoms with E-state index in [1.807, 2.05) is 30.3 Å². The number of primary amides is 1. The SMILES string of the molecule is NC(=O)c1oc2ccc(Br)cc2c1NC(=O)[C@@H](N)Cc1ccccc1. The summed E-state index contributed by atoms with van der Waals surface area (Å²) in [5, 5.41) is 3.26. The number of benzene rings is 2. The number of fused-ring (bicyclic) bond motifs is 1. The maximum absolute atomic E-state index is 12.5. The minimum Gasteiger partial charge on any atom is -0.449 e. The second kappa shape index (κ2) is 7.08. The van der Waals surface area contributed by atoms with Gasteiger partial charge in [0, 0.05) is 9.86 Å². The Morgan fingerprint density at radius 3 is 2.56 bits per heavy atom. The molecule has 3 aromatic rings. The minimum atomic E-state index is -0.778. The number of carbonyl (C=O) groups is 2. The van der Waals surface area contributed by atoms with Crippen molar-refractivity contribution >= 4 is 44.4 Å². The molecule has 2 aromatic carbocycles. The Labute approximate surface area is 152 Å². The number of nitrogens with two attached hydrogens (primary N) is 2. The molecule has 0 spiro atoms. The molecule has 0 aliphatic rings. The van der Waals surface area contributed by atoms with Crippen molar-refractivity contribution in [3.63, 3.8) is 0 Å². The summed E-state index contributed by atoms with van der Waals surface area (Å²) in [5.74, 6) is -1.29. The van der Waals surface area contributed by atoms with Crippen molar-refractivity contribution in [1.29, 1.82) is 0 Å². The Morgan fingerprint density at radius 2 is 1.88 bits per heavy atom. The first-order valence-corrected chi connectivity index (χ1v) is 8.37. The number of amides is 2. The lowest BCUT2D eigenvalue weighted by atomic mass is 10.1. The molecule has 0 saturated carbocycles. The van der Waals surface area contributed by atoms with Crippen LogP contribution in [-0.4, -0.2) is 17.9 Å². The molecular weight excluding hydrogens is 386 g/mol. The summed E-state index contributed by atoms with van der Waals surface area (Å²) in [4.78, 5) is 24.1. The molecule has 0 saturated heterocycles. The number of halogens is 1. The van der Waals surface area contributed by atoms with Crippen LogP contribution in [0.5, 0.6) is 0 Å². The molecule has 1 heterocycles. The number of rotatable bonds is 5. The monoisotopic (exact) mass is 401 g/mol. The van der Waals surface area contributed by atoms with E-state index in [1.165, 1.54) is 0 Å². The zero-order valence-corrected chi connectivity index (χ0v) is 14.7. The van der Waals surface area contributed by atoms with Gasteiger partial charge < -0.3 is 21.2 Å². The quantitative estimate of drug-likeness (QED) is 0.609. The van der Waals surface area contributed by atoms with E-state index in [2.05, 4.69) is 21.2 Å². The van der Waals surface area contributed by atoms with Gasteiger partial charge in [-0.15, -0.1) is 0 Å². The van der Waals surface area contributed by atoms with Crippen molar-refractivity contribution in [3.05, 3.63) is 64.3 Å². The van der Waals surface area contributed by atoms with E-state index in [9.17, 15) is 9.59 Å². The minimum absolute atomic E-state index is 0.103. The zero-order valence-electron chi connectivity index (χ0n) is 13.2. The van der Waals surface area contributed by atoms with Gasteiger partial charge in [-0.05, 0) is 30.2 Å². The second-order valence-corrected chi connectivity index (χ2v) is 6.51. The maximum atomic E-state index is 12.5. The Morgan fingerprint density at radius 1 is 1.16 bits per heavy atom. The number of hydrogen-bond donors (Lipinski definition) is 3. The number of nitrogens with one attached hydrogen (secondary N) is 1. The Bertz CT molecular complexity index is 937. The molecule has 7 heteroatoms. The van der Waals surface area contributed by atoms with Crippen LogP contribution in [0, 0.1) is 0 Å². The highest BCUT2D eigenvalue weighted by Gasteiger charge is 2.23. The Balaban J connectivity index is 1.88. The fourth-order valence-electron chi connectivity index (χ4n) is 2.54. The first-order valence-electron chi connectivity index (χ1n) is 7.58. The third-order valence-electron chi connectivity index (χ3n) is 3.76. The summed E-state index contributed by atoms with van der Waals surface area (Å²) in [5.41, 5.74) is 13.0. The Hall–Kier alpha value is -2.64. The van der Waals surface area contributed by atoms with E-state index in [-0.39, 0.29) is 11.4 Å². The molecule has 0 fully saturated rings. The number of anilines is 1. The number of hydrogen-bond acceptors (Lipinski definition) is 4. The van der Waals surface area contributed by atoms with Crippen LogP contribution in [0.3, 0.4) is 0 Å². The van der Waals surface area contributed by atoms with Gasteiger partial charge in [0.05, 0.1) is 6.04 Å². The molecule has 1 atom stereocenters. The van der Waals surface area contributed by atoms with E-state index in [4.69, 9.17) is 15.9 Å². The molecule has 128 valence electrons. The third kappa shape index (κ3) is 3.72. The van der Waals surface area contributed by atoms with Crippen LogP contribution in [0.25, 0.3) is 11.0 Å². The topological polar surface area (TPSA) is 111 Å². The van der Waals surface area contributed by atoms with E-state index < -0.39 is 17.9 Å². The van der Waals surface area contributed by atoms with Crippen LogP contribution in [0.4, 0.5) is 5.69 Å². The van der Waals surface area contributed by atoms with Crippen molar-refractivity contribution in [1.82, 2.24) is 0 Å². The van der Waals surface area contributed by atoms with Crippen molar-refractivity contribution in [2.75, 3.05) is 5.32 Å². The average Bonchev–Trinajstić information content (AvgIpc) is 2.94. The van der Waals surface area contributed by atoms with Crippen molar-refractivity contribution in [3.8, 4) is 0 Å². The molecule has 1 aromatic heterocycles. The summed E-state index contributed by atoms with van der Waals surface area (Å²) in [6.45, 7) is 0. The van der Waals surface area contributed by atoms with E-state index in [0.29, 0.717) is 17.4 Å². The molecule has 3 rings (SSSR count). The molecule has 0 bridgehead atoms. The summed E-state index contributed by atoms with van der Waals surface area (Å²) in [6, 6.07) is 13.9. The van der Waals surface area contributed by atoms with Crippen LogP contribution >= 0.6 is 15.9 Å². The smallest absolute Gasteiger partial charge is 0.286 e. The molecule has 0 aliphatic heterocycles. The fourth-order valence-corrected chi connectivity index (χ4v) is 2.91. The van der Waals surface area contributed by atoms with Gasteiger partial charge >= 0.3 is 0 Å².